The summed E-state index contributed by atoms with van der Waals surface area (Å²) in [5.41, 5.74) is 0. The van der Waals surface area contributed by atoms with Crippen molar-refractivity contribution in [2.75, 3.05) is 13.7 Å². The SMILES string of the molecule is COC(=O)[C@H](C)NCC1CCCC1. The van der Waals surface area contributed by atoms with Gasteiger partial charge in [-0.15, -0.1) is 0 Å². The molecule has 0 amide bonds. The third-order valence-electron chi connectivity index (χ3n) is 2.74. The minimum Gasteiger partial charge on any atom is -0.468 e. The second-order valence-electron chi connectivity index (χ2n) is 3.80. The van der Waals surface area contributed by atoms with Crippen LogP contribution >= 0.6 is 0 Å². The molecular weight excluding hydrogens is 166 g/mol. The van der Waals surface area contributed by atoms with Crippen molar-refractivity contribution < 1.29 is 9.53 Å². The van der Waals surface area contributed by atoms with Crippen molar-refractivity contribution in [2.45, 2.75) is 38.6 Å². The van der Waals surface area contributed by atoms with Gasteiger partial charge in [-0.2, -0.15) is 0 Å². The molecule has 0 aromatic rings. The summed E-state index contributed by atoms with van der Waals surface area (Å²) in [4.78, 5) is 11.0. The molecular formula is C10H19NO2. The number of methoxy groups -OCH3 is 1. The van der Waals surface area contributed by atoms with Crippen LogP contribution in [0.1, 0.15) is 32.6 Å². The van der Waals surface area contributed by atoms with Gasteiger partial charge in [-0.05, 0) is 32.2 Å². The molecule has 0 spiro atoms. The smallest absolute Gasteiger partial charge is 0.322 e. The van der Waals surface area contributed by atoms with Crippen molar-refractivity contribution in [3.05, 3.63) is 0 Å². The number of hydrogen-bond donors (Lipinski definition) is 1. The first-order valence-corrected chi connectivity index (χ1v) is 5.05. The number of carbonyl (C=O) groups is 1. The van der Waals surface area contributed by atoms with Crippen molar-refractivity contribution in [3.63, 3.8) is 0 Å². The summed E-state index contributed by atoms with van der Waals surface area (Å²) in [6.45, 7) is 2.80. The van der Waals surface area contributed by atoms with Gasteiger partial charge in [-0.25, -0.2) is 0 Å². The topological polar surface area (TPSA) is 38.3 Å². The largest absolute Gasteiger partial charge is 0.468 e. The monoisotopic (exact) mass is 185 g/mol. The average Bonchev–Trinajstić information content (AvgIpc) is 2.65. The summed E-state index contributed by atoms with van der Waals surface area (Å²) in [7, 11) is 1.43. The predicted molar refractivity (Wildman–Crippen MR) is 51.4 cm³/mol. The Bertz CT molecular complexity index is 164. The standard InChI is InChI=1S/C10H19NO2/c1-8(10(12)13-2)11-7-9-5-3-4-6-9/h8-9,11H,3-7H2,1-2H3/t8-/m0/s1. The van der Waals surface area contributed by atoms with E-state index in [2.05, 4.69) is 10.1 Å². The fourth-order valence-corrected chi connectivity index (χ4v) is 1.82. The van der Waals surface area contributed by atoms with Gasteiger partial charge in [0.25, 0.3) is 0 Å². The lowest BCUT2D eigenvalue weighted by molar-refractivity contribution is -0.142. The molecule has 0 heterocycles. The normalized spacial score (nSPS) is 20.2. The predicted octanol–water partition coefficient (Wildman–Crippen LogP) is 1.33. The molecule has 0 saturated heterocycles. The summed E-state index contributed by atoms with van der Waals surface area (Å²) < 4.78 is 4.63. The van der Waals surface area contributed by atoms with Crippen LogP contribution in [-0.4, -0.2) is 25.7 Å². The van der Waals surface area contributed by atoms with E-state index in [-0.39, 0.29) is 12.0 Å². The van der Waals surface area contributed by atoms with Crippen molar-refractivity contribution in [1.29, 1.82) is 0 Å². The maximum absolute atomic E-state index is 11.0. The third kappa shape index (κ3) is 3.35. The van der Waals surface area contributed by atoms with Crippen molar-refractivity contribution in [2.24, 2.45) is 5.92 Å². The van der Waals surface area contributed by atoms with E-state index >= 15 is 0 Å². The lowest BCUT2D eigenvalue weighted by atomic mass is 10.1. The fraction of sp³-hybridized carbons (Fsp3) is 0.900. The van der Waals surface area contributed by atoms with Crippen LogP contribution in [0.3, 0.4) is 0 Å². The first kappa shape index (κ1) is 10.5. The highest BCUT2D eigenvalue weighted by Gasteiger charge is 2.18. The molecule has 0 radical (unpaired) electrons. The molecule has 13 heavy (non-hydrogen) atoms. The van der Waals surface area contributed by atoms with Crippen LogP contribution in [0.2, 0.25) is 0 Å². The Labute approximate surface area is 79.8 Å². The maximum atomic E-state index is 11.0. The Hall–Kier alpha value is -0.570. The van der Waals surface area contributed by atoms with Gasteiger partial charge in [0.1, 0.15) is 6.04 Å². The lowest BCUT2D eigenvalue weighted by Gasteiger charge is -2.14. The van der Waals surface area contributed by atoms with Crippen LogP contribution < -0.4 is 5.32 Å². The van der Waals surface area contributed by atoms with E-state index in [1.807, 2.05) is 6.92 Å². The first-order valence-electron chi connectivity index (χ1n) is 5.05. The van der Waals surface area contributed by atoms with E-state index in [4.69, 9.17) is 0 Å². The molecule has 1 rings (SSSR count). The van der Waals surface area contributed by atoms with Gasteiger partial charge >= 0.3 is 5.97 Å². The first-order chi connectivity index (χ1) is 6.24. The number of carbonyl (C=O) groups excluding carboxylic acids is 1. The summed E-state index contributed by atoms with van der Waals surface area (Å²) in [5.74, 6) is 0.602. The molecule has 3 nitrogen and oxygen atoms in total. The van der Waals surface area contributed by atoms with E-state index < -0.39 is 0 Å². The molecule has 3 heteroatoms. The van der Waals surface area contributed by atoms with Crippen molar-refractivity contribution in [3.8, 4) is 0 Å². The van der Waals surface area contributed by atoms with Crippen molar-refractivity contribution >= 4 is 5.97 Å². The van der Waals surface area contributed by atoms with Gasteiger partial charge in [-0.1, -0.05) is 12.8 Å². The number of rotatable bonds is 4. The van der Waals surface area contributed by atoms with Gasteiger partial charge in [0.15, 0.2) is 0 Å². The lowest BCUT2D eigenvalue weighted by Crippen LogP contribution is -2.37. The van der Waals surface area contributed by atoms with Crippen LogP contribution in [0.4, 0.5) is 0 Å². The number of nitrogens with one attached hydrogen (secondary N) is 1. The highest BCUT2D eigenvalue weighted by Crippen LogP contribution is 2.23. The van der Waals surface area contributed by atoms with Crippen LogP contribution in [-0.2, 0) is 9.53 Å². The molecule has 1 N–H and O–H groups in total. The number of ether oxygens (including phenoxy) is 1. The van der Waals surface area contributed by atoms with Gasteiger partial charge in [-0.3, -0.25) is 4.79 Å². The Morgan fingerprint density at radius 3 is 2.69 bits per heavy atom. The van der Waals surface area contributed by atoms with E-state index in [9.17, 15) is 4.79 Å². The summed E-state index contributed by atoms with van der Waals surface area (Å²) in [6, 6.07) is -0.161. The third-order valence-corrected chi connectivity index (χ3v) is 2.74. The minimum atomic E-state index is -0.169. The Balaban J connectivity index is 2.13. The maximum Gasteiger partial charge on any atom is 0.322 e. The zero-order valence-corrected chi connectivity index (χ0v) is 8.51. The molecule has 1 aliphatic carbocycles. The van der Waals surface area contributed by atoms with Gasteiger partial charge in [0.05, 0.1) is 7.11 Å². The van der Waals surface area contributed by atoms with Gasteiger partial charge < -0.3 is 10.1 Å². The van der Waals surface area contributed by atoms with Crippen LogP contribution in [0, 0.1) is 5.92 Å². The van der Waals surface area contributed by atoms with Crippen molar-refractivity contribution in [1.82, 2.24) is 5.32 Å². The molecule has 0 aromatic carbocycles. The summed E-state index contributed by atoms with van der Waals surface area (Å²) >= 11 is 0. The molecule has 0 unspecified atom stereocenters. The average molecular weight is 185 g/mol. The summed E-state index contributed by atoms with van der Waals surface area (Å²) in [6.07, 6.45) is 5.31. The zero-order valence-electron chi connectivity index (χ0n) is 8.51. The molecule has 0 aliphatic heterocycles. The molecule has 1 aliphatic rings. The second-order valence-corrected chi connectivity index (χ2v) is 3.80. The molecule has 1 atom stereocenters. The minimum absolute atomic E-state index is 0.161. The van der Waals surface area contributed by atoms with Crippen LogP contribution in [0.25, 0.3) is 0 Å². The van der Waals surface area contributed by atoms with E-state index in [0.717, 1.165) is 12.5 Å². The molecule has 0 bridgehead atoms. The van der Waals surface area contributed by atoms with E-state index in [1.54, 1.807) is 0 Å². The molecule has 76 valence electrons. The van der Waals surface area contributed by atoms with Crippen LogP contribution in [0.15, 0.2) is 0 Å². The van der Waals surface area contributed by atoms with E-state index in [0.29, 0.717) is 0 Å². The number of hydrogen-bond acceptors (Lipinski definition) is 3. The highest BCUT2D eigenvalue weighted by molar-refractivity contribution is 5.75. The van der Waals surface area contributed by atoms with Gasteiger partial charge in [0.2, 0.25) is 0 Å². The Kier molecular flexibility index (Phi) is 4.22. The highest BCUT2D eigenvalue weighted by atomic mass is 16.5. The zero-order chi connectivity index (χ0) is 9.68. The molecule has 1 saturated carbocycles. The molecule has 0 aromatic heterocycles. The number of esters is 1. The summed E-state index contributed by atoms with van der Waals surface area (Å²) in [5, 5.41) is 3.20. The van der Waals surface area contributed by atoms with E-state index in [1.165, 1.54) is 32.8 Å². The fourth-order valence-electron chi connectivity index (χ4n) is 1.82. The Morgan fingerprint density at radius 2 is 2.15 bits per heavy atom. The quantitative estimate of drug-likeness (QED) is 0.671. The van der Waals surface area contributed by atoms with Crippen LogP contribution in [0.5, 0.6) is 0 Å². The second kappa shape index (κ2) is 5.22. The van der Waals surface area contributed by atoms with Gasteiger partial charge in [0, 0.05) is 0 Å². The Morgan fingerprint density at radius 1 is 1.54 bits per heavy atom. The molecule has 1 fully saturated rings.